The molecule has 0 bridgehead atoms. The largest absolute Gasteiger partial charge is 0.497 e. The zero-order chi connectivity index (χ0) is 12.3. The molecule has 0 N–H and O–H groups in total. The summed E-state index contributed by atoms with van der Waals surface area (Å²) in [6.07, 6.45) is 0. The minimum atomic E-state index is 0.821. The first-order chi connectivity index (χ1) is 8.38. The SMILES string of the molecule is COc1ccc2c(c1)oc1ccccc12.N#N. The second-order valence-corrected chi connectivity index (χ2v) is 3.46. The van der Waals surface area contributed by atoms with Crippen LogP contribution in [0.25, 0.3) is 21.9 Å². The van der Waals surface area contributed by atoms with Crippen molar-refractivity contribution in [3.05, 3.63) is 42.5 Å². The van der Waals surface area contributed by atoms with E-state index < -0.39 is 0 Å². The highest BCUT2D eigenvalue weighted by atomic mass is 16.5. The van der Waals surface area contributed by atoms with E-state index in [0.717, 1.165) is 27.7 Å². The molecule has 0 spiro atoms. The van der Waals surface area contributed by atoms with Gasteiger partial charge in [0.1, 0.15) is 16.9 Å². The lowest BCUT2D eigenvalue weighted by Crippen LogP contribution is -1.80. The van der Waals surface area contributed by atoms with Crippen molar-refractivity contribution in [2.75, 3.05) is 7.11 Å². The van der Waals surface area contributed by atoms with Gasteiger partial charge in [-0.25, -0.2) is 0 Å². The van der Waals surface area contributed by atoms with Crippen LogP contribution >= 0.6 is 0 Å². The van der Waals surface area contributed by atoms with E-state index in [0.29, 0.717) is 0 Å². The van der Waals surface area contributed by atoms with Gasteiger partial charge in [-0.05, 0) is 18.2 Å². The van der Waals surface area contributed by atoms with Gasteiger partial charge in [0.15, 0.2) is 0 Å². The third-order valence-electron chi connectivity index (χ3n) is 2.59. The van der Waals surface area contributed by atoms with Gasteiger partial charge in [-0.1, -0.05) is 18.2 Å². The summed E-state index contributed by atoms with van der Waals surface area (Å²) >= 11 is 0. The van der Waals surface area contributed by atoms with Gasteiger partial charge >= 0.3 is 0 Å². The van der Waals surface area contributed by atoms with Gasteiger partial charge in [0, 0.05) is 27.6 Å². The fourth-order valence-corrected chi connectivity index (χ4v) is 1.83. The van der Waals surface area contributed by atoms with E-state index in [1.54, 1.807) is 7.11 Å². The summed E-state index contributed by atoms with van der Waals surface area (Å²) in [4.78, 5) is 0. The number of nitrogens with zero attached hydrogens (tertiary/aromatic N) is 2. The molecule has 0 aliphatic heterocycles. The zero-order valence-corrected chi connectivity index (χ0v) is 9.25. The molecule has 3 rings (SSSR count). The number of para-hydroxylation sites is 1. The predicted molar refractivity (Wildman–Crippen MR) is 63.7 cm³/mol. The fraction of sp³-hybridized carbons (Fsp3) is 0.0769. The molecule has 4 nitrogen and oxygen atoms in total. The molecule has 0 fully saturated rings. The number of hydrogen-bond acceptors (Lipinski definition) is 4. The monoisotopic (exact) mass is 226 g/mol. The maximum absolute atomic E-state index is 6.00. The van der Waals surface area contributed by atoms with E-state index in [9.17, 15) is 0 Å². The van der Waals surface area contributed by atoms with Crippen molar-refractivity contribution in [1.82, 2.24) is 0 Å². The molecule has 17 heavy (non-hydrogen) atoms. The van der Waals surface area contributed by atoms with Crippen molar-refractivity contribution >= 4 is 21.9 Å². The number of methoxy groups -OCH3 is 1. The zero-order valence-electron chi connectivity index (χ0n) is 9.25. The molecule has 0 saturated heterocycles. The van der Waals surface area contributed by atoms with Crippen LogP contribution in [0, 0.1) is 10.8 Å². The highest BCUT2D eigenvalue weighted by molar-refractivity contribution is 6.05. The molecule has 1 heterocycles. The minimum absolute atomic E-state index is 0.821. The lowest BCUT2D eigenvalue weighted by atomic mass is 10.1. The quantitative estimate of drug-likeness (QED) is 0.594. The predicted octanol–water partition coefficient (Wildman–Crippen LogP) is 3.62. The Morgan fingerprint density at radius 2 is 1.65 bits per heavy atom. The van der Waals surface area contributed by atoms with Crippen molar-refractivity contribution in [3.63, 3.8) is 0 Å². The van der Waals surface area contributed by atoms with Crippen LogP contribution in [0.4, 0.5) is 0 Å². The summed E-state index contributed by atoms with van der Waals surface area (Å²) in [6.45, 7) is 0. The van der Waals surface area contributed by atoms with Crippen LogP contribution < -0.4 is 4.74 Å². The van der Waals surface area contributed by atoms with Gasteiger partial charge in [0.25, 0.3) is 0 Å². The molecular weight excluding hydrogens is 216 g/mol. The lowest BCUT2D eigenvalue weighted by molar-refractivity contribution is 0.414. The average Bonchev–Trinajstić information content (AvgIpc) is 2.78. The smallest absolute Gasteiger partial charge is 0.139 e. The summed E-state index contributed by atoms with van der Waals surface area (Å²) in [5.74, 6) is 0.821. The highest BCUT2D eigenvalue weighted by Crippen LogP contribution is 2.30. The van der Waals surface area contributed by atoms with Crippen LogP contribution in [0.15, 0.2) is 46.9 Å². The molecule has 4 heteroatoms. The molecule has 0 unspecified atom stereocenters. The van der Waals surface area contributed by atoms with Gasteiger partial charge in [-0.3, -0.25) is 0 Å². The summed E-state index contributed by atoms with van der Waals surface area (Å²) in [5.41, 5.74) is 1.79. The van der Waals surface area contributed by atoms with Gasteiger partial charge < -0.3 is 9.15 Å². The number of rotatable bonds is 1. The third kappa shape index (κ3) is 1.79. The maximum Gasteiger partial charge on any atom is 0.139 e. The molecule has 0 saturated carbocycles. The molecule has 1 aromatic heterocycles. The molecular formula is C13H10N2O2. The Bertz CT molecular complexity index is 671. The summed E-state index contributed by atoms with van der Waals surface area (Å²) < 4.78 is 10.9. The molecule has 84 valence electrons. The fourth-order valence-electron chi connectivity index (χ4n) is 1.83. The number of benzene rings is 2. The Morgan fingerprint density at radius 3 is 2.41 bits per heavy atom. The normalized spacial score (nSPS) is 9.82. The average molecular weight is 226 g/mol. The number of hydrogen-bond donors (Lipinski definition) is 0. The Balaban J connectivity index is 0.000000514. The Kier molecular flexibility index (Phi) is 2.93. The molecule has 0 amide bonds. The van der Waals surface area contributed by atoms with Crippen LogP contribution in [-0.4, -0.2) is 7.11 Å². The second kappa shape index (κ2) is 4.54. The van der Waals surface area contributed by atoms with Gasteiger partial charge in [0.2, 0.25) is 0 Å². The third-order valence-corrected chi connectivity index (χ3v) is 2.59. The molecule has 0 aliphatic carbocycles. The van der Waals surface area contributed by atoms with Crippen molar-refractivity contribution in [2.24, 2.45) is 0 Å². The summed E-state index contributed by atoms with van der Waals surface area (Å²) in [7, 11) is 1.66. The first-order valence-corrected chi connectivity index (χ1v) is 5.04. The van der Waals surface area contributed by atoms with Crippen molar-refractivity contribution < 1.29 is 9.15 Å². The van der Waals surface area contributed by atoms with E-state index in [4.69, 9.17) is 19.9 Å². The minimum Gasteiger partial charge on any atom is -0.497 e. The second-order valence-electron chi connectivity index (χ2n) is 3.46. The molecule has 2 aromatic carbocycles. The van der Waals surface area contributed by atoms with Gasteiger partial charge in [-0.2, -0.15) is 0 Å². The van der Waals surface area contributed by atoms with E-state index >= 15 is 0 Å². The Labute approximate surface area is 97.8 Å². The molecule has 0 aliphatic rings. The number of ether oxygens (including phenoxy) is 1. The summed E-state index contributed by atoms with van der Waals surface area (Å²) in [5, 5.41) is 14.3. The van der Waals surface area contributed by atoms with Gasteiger partial charge in [-0.15, -0.1) is 0 Å². The Hall–Kier alpha value is -2.54. The molecule has 3 aromatic rings. The maximum atomic E-state index is 6.00. The number of fused-ring (bicyclic) bond motifs is 3. The van der Waals surface area contributed by atoms with E-state index in [1.165, 1.54) is 0 Å². The topological polar surface area (TPSA) is 69.9 Å². The first kappa shape index (κ1) is 11.0. The standard InChI is InChI=1S/C13H10O2.N2/c1-14-9-6-7-11-10-4-2-3-5-12(10)15-13(11)8-9;1-2/h2-8H,1H3;. The van der Waals surface area contributed by atoms with Crippen molar-refractivity contribution in [1.29, 1.82) is 10.8 Å². The van der Waals surface area contributed by atoms with Crippen LogP contribution in [0.5, 0.6) is 5.75 Å². The number of furan rings is 1. The highest BCUT2D eigenvalue weighted by Gasteiger charge is 2.06. The van der Waals surface area contributed by atoms with Crippen LogP contribution in [0.2, 0.25) is 0 Å². The van der Waals surface area contributed by atoms with Crippen molar-refractivity contribution in [2.45, 2.75) is 0 Å². The lowest BCUT2D eigenvalue weighted by Gasteiger charge is -1.96. The van der Waals surface area contributed by atoms with E-state index in [2.05, 4.69) is 6.07 Å². The van der Waals surface area contributed by atoms with Crippen LogP contribution in [0.1, 0.15) is 0 Å². The van der Waals surface area contributed by atoms with Crippen molar-refractivity contribution in [3.8, 4) is 5.75 Å². The van der Waals surface area contributed by atoms with Crippen LogP contribution in [0.3, 0.4) is 0 Å². The van der Waals surface area contributed by atoms with E-state index in [-0.39, 0.29) is 0 Å². The molecule has 0 radical (unpaired) electrons. The van der Waals surface area contributed by atoms with E-state index in [1.807, 2.05) is 36.4 Å². The summed E-state index contributed by atoms with van der Waals surface area (Å²) in [6, 6.07) is 13.9. The molecule has 0 atom stereocenters. The first-order valence-electron chi connectivity index (χ1n) is 5.04. The van der Waals surface area contributed by atoms with Gasteiger partial charge in [0.05, 0.1) is 7.11 Å². The van der Waals surface area contributed by atoms with Crippen LogP contribution in [-0.2, 0) is 0 Å². The Morgan fingerprint density at radius 1 is 0.941 bits per heavy atom.